The number of primary amides is 1. The molecule has 2 aliphatic rings. The van der Waals surface area contributed by atoms with Crippen LogP contribution in [0, 0.1) is 11.3 Å². The zero-order valence-corrected chi connectivity index (χ0v) is 25.0. The fourth-order valence-corrected chi connectivity index (χ4v) is 5.44. The van der Waals surface area contributed by atoms with Crippen molar-refractivity contribution in [3.8, 4) is 0 Å². The van der Waals surface area contributed by atoms with Gasteiger partial charge >= 0.3 is 6.09 Å². The molecule has 3 heterocycles. The molecule has 216 valence electrons. The second-order valence-electron chi connectivity index (χ2n) is 11.8. The first-order valence-electron chi connectivity index (χ1n) is 12.8. The molecule has 4 atom stereocenters. The van der Waals surface area contributed by atoms with Crippen molar-refractivity contribution in [2.75, 3.05) is 18.9 Å². The Balaban J connectivity index is 1.85. The quantitative estimate of drug-likeness (QED) is 0.419. The maximum atomic E-state index is 14.0. The number of likely N-dealkylation sites (N-methyl/N-ethyl adjacent to an activating group) is 1. The molecule has 1 saturated heterocycles. The van der Waals surface area contributed by atoms with Gasteiger partial charge in [0.15, 0.2) is 0 Å². The van der Waals surface area contributed by atoms with E-state index in [9.17, 15) is 24.0 Å². The van der Waals surface area contributed by atoms with Crippen LogP contribution in [0.4, 0.5) is 10.6 Å². The summed E-state index contributed by atoms with van der Waals surface area (Å²) in [7, 11) is 1.48. The topological polar surface area (TPSA) is 169 Å². The number of nitrogens with zero attached hydrogens (tertiary/aromatic N) is 4. The zero-order valence-electron chi connectivity index (χ0n) is 23.4. The highest BCUT2D eigenvalue weighted by molar-refractivity contribution is 9.10. The van der Waals surface area contributed by atoms with Gasteiger partial charge in [-0.05, 0) is 62.4 Å². The van der Waals surface area contributed by atoms with Crippen molar-refractivity contribution >= 4 is 51.5 Å². The van der Waals surface area contributed by atoms with Crippen LogP contribution in [0.15, 0.2) is 10.7 Å². The Labute approximate surface area is 236 Å². The van der Waals surface area contributed by atoms with Gasteiger partial charge in [0.05, 0.1) is 12.0 Å². The van der Waals surface area contributed by atoms with Crippen LogP contribution < -0.4 is 16.4 Å². The summed E-state index contributed by atoms with van der Waals surface area (Å²) in [6.45, 7) is 10.5. The van der Waals surface area contributed by atoms with Gasteiger partial charge in [-0.1, -0.05) is 13.8 Å². The largest absolute Gasteiger partial charge is 0.444 e. The molecule has 1 aromatic heterocycles. The molecule has 1 spiro atoms. The van der Waals surface area contributed by atoms with Crippen LogP contribution in [-0.2, 0) is 30.5 Å². The molecule has 4 N–H and O–H groups in total. The number of hydrogen-bond acceptors (Lipinski definition) is 7. The fraction of sp³-hybridized carbons (Fsp3) is 0.680. The fourth-order valence-electron chi connectivity index (χ4n) is 5.03. The molecule has 2 aliphatic heterocycles. The van der Waals surface area contributed by atoms with Gasteiger partial charge in [-0.25, -0.2) is 9.48 Å². The minimum Gasteiger partial charge on any atom is -0.444 e. The number of alkyl carbamates (subject to hydrolysis) is 1. The lowest BCUT2D eigenvalue weighted by atomic mass is 9.83. The Bertz CT molecular complexity index is 1160. The van der Waals surface area contributed by atoms with E-state index in [0.29, 0.717) is 10.4 Å². The van der Waals surface area contributed by atoms with Gasteiger partial charge in [-0.15, -0.1) is 0 Å². The third-order valence-electron chi connectivity index (χ3n) is 6.87. The number of ether oxygens (including phenoxy) is 1. The average molecular weight is 613 g/mol. The Morgan fingerprint density at radius 2 is 1.92 bits per heavy atom. The van der Waals surface area contributed by atoms with Crippen LogP contribution in [0.3, 0.4) is 0 Å². The number of nitrogens with two attached hydrogens (primary N) is 1. The van der Waals surface area contributed by atoms with Crippen LogP contribution in [0.1, 0.15) is 54.4 Å². The molecule has 0 aromatic carbocycles. The van der Waals surface area contributed by atoms with Crippen molar-refractivity contribution in [1.82, 2.24) is 24.9 Å². The number of halogens is 1. The van der Waals surface area contributed by atoms with Crippen LogP contribution >= 0.6 is 15.9 Å². The molecule has 39 heavy (non-hydrogen) atoms. The number of rotatable bonds is 7. The standard InChI is InChI=1S/C25H38BrN7O6/c1-13(2)8-15(31(7)20(35)14(3)28-23(38)39-24(4,5)6)21(36)32-11-25(10-16(32)19(27)34)12-33-18(29-22(25)37)9-17(26)30-33/h9,13-16H,8,10-12H2,1-7H3,(H2,27,34)(H,28,38)(H,29,37)/t14-,15-,16-,25?/m0/s1. The van der Waals surface area contributed by atoms with E-state index in [4.69, 9.17) is 10.5 Å². The molecular weight excluding hydrogens is 574 g/mol. The molecule has 0 saturated carbocycles. The molecule has 0 aliphatic carbocycles. The summed E-state index contributed by atoms with van der Waals surface area (Å²) >= 11 is 3.30. The summed E-state index contributed by atoms with van der Waals surface area (Å²) in [5, 5.41) is 9.65. The zero-order chi connectivity index (χ0) is 29.4. The number of anilines is 1. The molecule has 14 heteroatoms. The molecule has 1 fully saturated rings. The molecule has 0 radical (unpaired) electrons. The van der Waals surface area contributed by atoms with Gasteiger partial charge in [-0.2, -0.15) is 5.10 Å². The van der Waals surface area contributed by atoms with Crippen molar-refractivity contribution < 1.29 is 28.7 Å². The Morgan fingerprint density at radius 1 is 1.28 bits per heavy atom. The van der Waals surface area contributed by atoms with E-state index >= 15 is 0 Å². The first-order chi connectivity index (χ1) is 17.9. The van der Waals surface area contributed by atoms with Crippen LogP contribution in [0.5, 0.6) is 0 Å². The third kappa shape index (κ3) is 6.71. The van der Waals surface area contributed by atoms with Gasteiger partial charge in [0, 0.05) is 19.7 Å². The number of hydrogen-bond donors (Lipinski definition) is 3. The van der Waals surface area contributed by atoms with E-state index < -0.39 is 53.0 Å². The molecule has 13 nitrogen and oxygen atoms in total. The summed E-state index contributed by atoms with van der Waals surface area (Å²) in [6.07, 6.45) is -0.441. The summed E-state index contributed by atoms with van der Waals surface area (Å²) in [5.41, 5.74) is 3.85. The molecule has 0 bridgehead atoms. The number of aromatic nitrogens is 2. The van der Waals surface area contributed by atoms with Crippen molar-refractivity contribution in [1.29, 1.82) is 0 Å². The lowest BCUT2D eigenvalue weighted by molar-refractivity contribution is -0.148. The SMILES string of the molecule is CC(C)C[C@@H](C(=O)N1CC2(C[C@H]1C(N)=O)Cn1nc(Br)cc1NC2=O)N(C)C(=O)[C@H](C)NC(=O)OC(C)(C)C. The molecule has 3 rings (SSSR count). The average Bonchev–Trinajstić information content (AvgIpc) is 3.35. The van der Waals surface area contributed by atoms with E-state index in [1.807, 2.05) is 13.8 Å². The summed E-state index contributed by atoms with van der Waals surface area (Å²) < 4.78 is 7.39. The van der Waals surface area contributed by atoms with Crippen LogP contribution in [-0.4, -0.2) is 86.6 Å². The van der Waals surface area contributed by atoms with Gasteiger partial charge in [-0.3, -0.25) is 19.2 Å². The lowest BCUT2D eigenvalue weighted by Gasteiger charge is -2.36. The van der Waals surface area contributed by atoms with E-state index in [1.54, 1.807) is 31.5 Å². The van der Waals surface area contributed by atoms with E-state index in [2.05, 4.69) is 31.7 Å². The van der Waals surface area contributed by atoms with Crippen molar-refractivity contribution in [2.24, 2.45) is 17.1 Å². The number of likely N-dealkylation sites (tertiary alicyclic amines) is 1. The lowest BCUT2D eigenvalue weighted by Crippen LogP contribution is -2.57. The monoisotopic (exact) mass is 611 g/mol. The normalized spacial score (nSPS) is 22.2. The number of fused-ring (bicyclic) bond motifs is 1. The summed E-state index contributed by atoms with van der Waals surface area (Å²) in [5.74, 6) is -1.56. The highest BCUT2D eigenvalue weighted by Gasteiger charge is 2.56. The minimum atomic E-state index is -1.12. The maximum absolute atomic E-state index is 14.0. The predicted octanol–water partition coefficient (Wildman–Crippen LogP) is 1.46. The van der Waals surface area contributed by atoms with Gasteiger partial charge in [0.25, 0.3) is 0 Å². The smallest absolute Gasteiger partial charge is 0.408 e. The summed E-state index contributed by atoms with van der Waals surface area (Å²) in [4.78, 5) is 67.9. The van der Waals surface area contributed by atoms with E-state index in [1.165, 1.54) is 23.8 Å². The molecular formula is C25H38BrN7O6. The van der Waals surface area contributed by atoms with Gasteiger partial charge in [0.2, 0.25) is 23.6 Å². The molecule has 5 amide bonds. The Kier molecular flexibility index (Phi) is 8.68. The molecule has 1 unspecified atom stereocenters. The highest BCUT2D eigenvalue weighted by Crippen LogP contribution is 2.41. The van der Waals surface area contributed by atoms with E-state index in [-0.39, 0.29) is 37.8 Å². The minimum absolute atomic E-state index is 0.00822. The van der Waals surface area contributed by atoms with Crippen molar-refractivity contribution in [3.63, 3.8) is 0 Å². The first-order valence-corrected chi connectivity index (χ1v) is 13.6. The van der Waals surface area contributed by atoms with Crippen LogP contribution in [0.2, 0.25) is 0 Å². The van der Waals surface area contributed by atoms with Gasteiger partial charge in [0.1, 0.15) is 34.1 Å². The van der Waals surface area contributed by atoms with E-state index in [0.717, 1.165) is 0 Å². The number of carbonyl (C=O) groups excluding carboxylic acids is 5. The van der Waals surface area contributed by atoms with Crippen molar-refractivity contribution in [2.45, 2.75) is 84.7 Å². The predicted molar refractivity (Wildman–Crippen MR) is 145 cm³/mol. The molecule has 1 aromatic rings. The van der Waals surface area contributed by atoms with Gasteiger partial charge < -0.3 is 30.9 Å². The summed E-state index contributed by atoms with van der Waals surface area (Å²) in [6, 6.07) is -1.32. The second kappa shape index (κ2) is 11.1. The Hall–Kier alpha value is -3.16. The number of amides is 5. The first kappa shape index (κ1) is 30.4. The second-order valence-corrected chi connectivity index (χ2v) is 12.6. The number of nitrogens with one attached hydrogen (secondary N) is 2. The Morgan fingerprint density at radius 3 is 2.49 bits per heavy atom. The maximum Gasteiger partial charge on any atom is 0.408 e. The highest BCUT2D eigenvalue weighted by atomic mass is 79.9. The van der Waals surface area contributed by atoms with Crippen LogP contribution in [0.25, 0.3) is 0 Å². The number of carbonyl (C=O) groups is 5. The third-order valence-corrected chi connectivity index (χ3v) is 7.26. The van der Waals surface area contributed by atoms with Crippen molar-refractivity contribution in [3.05, 3.63) is 10.7 Å².